The molecule has 2 N–H and O–H groups in total. The molecule has 4 rings (SSSR count). The predicted octanol–water partition coefficient (Wildman–Crippen LogP) is 3.45. The van der Waals surface area contributed by atoms with E-state index in [4.69, 9.17) is 14.2 Å². The second-order valence-corrected chi connectivity index (χ2v) is 7.93. The van der Waals surface area contributed by atoms with Gasteiger partial charge in [0.25, 0.3) is 0 Å². The van der Waals surface area contributed by atoms with Gasteiger partial charge in [0.2, 0.25) is 5.75 Å². The molecule has 30 heavy (non-hydrogen) atoms. The molecule has 0 bridgehead atoms. The van der Waals surface area contributed by atoms with E-state index in [1.807, 2.05) is 24.3 Å². The number of hydrogen-bond acceptors (Lipinski definition) is 6. The summed E-state index contributed by atoms with van der Waals surface area (Å²) in [6.07, 6.45) is 2.26. The van der Waals surface area contributed by atoms with Gasteiger partial charge in [-0.1, -0.05) is 12.1 Å². The summed E-state index contributed by atoms with van der Waals surface area (Å²) in [5.74, 6) is 2.10. The zero-order valence-electron chi connectivity index (χ0n) is 17.8. The summed E-state index contributed by atoms with van der Waals surface area (Å²) >= 11 is 0. The number of nitrogens with one attached hydrogen (secondary N) is 2. The molecule has 0 amide bonds. The van der Waals surface area contributed by atoms with Crippen molar-refractivity contribution < 1.29 is 18.6 Å². The van der Waals surface area contributed by atoms with Crippen molar-refractivity contribution in [3.63, 3.8) is 0 Å². The van der Waals surface area contributed by atoms with Crippen LogP contribution in [0.4, 0.5) is 4.39 Å². The van der Waals surface area contributed by atoms with Gasteiger partial charge < -0.3 is 14.2 Å². The summed E-state index contributed by atoms with van der Waals surface area (Å²) in [7, 11) is 4.88. The monoisotopic (exact) mass is 415 g/mol. The van der Waals surface area contributed by atoms with Crippen molar-refractivity contribution in [3.8, 4) is 17.2 Å². The van der Waals surface area contributed by atoms with Gasteiger partial charge in [0, 0.05) is 25.0 Å². The maximum Gasteiger partial charge on any atom is 0.203 e. The van der Waals surface area contributed by atoms with Gasteiger partial charge in [0.15, 0.2) is 11.5 Å². The normalized spacial score (nSPS) is 24.2. The smallest absolute Gasteiger partial charge is 0.203 e. The molecular weight excluding hydrogens is 385 g/mol. The quantitative estimate of drug-likeness (QED) is 0.723. The fourth-order valence-electron chi connectivity index (χ4n) is 4.75. The molecule has 2 fully saturated rings. The van der Waals surface area contributed by atoms with Crippen LogP contribution >= 0.6 is 0 Å². The van der Waals surface area contributed by atoms with E-state index in [1.54, 1.807) is 33.5 Å². The second kappa shape index (κ2) is 9.20. The lowest BCUT2D eigenvalue weighted by Gasteiger charge is -2.30. The minimum atomic E-state index is -0.185. The standard InChI is InChI=1S/C23H30FN3O3/c1-28-20-11-16(12-21(29-2)23(20)30-3)22-17(13-25-26-22)14-27-10-4-5-19(27)15-6-8-18(24)9-7-15/h6-9,11-12,17,19,22,25-26H,4-5,10,13-14H2,1-3H3. The van der Waals surface area contributed by atoms with Crippen LogP contribution in [0.5, 0.6) is 17.2 Å². The first-order valence-corrected chi connectivity index (χ1v) is 10.4. The highest BCUT2D eigenvalue weighted by molar-refractivity contribution is 5.54. The molecule has 0 aliphatic carbocycles. The molecule has 2 heterocycles. The van der Waals surface area contributed by atoms with Crippen LogP contribution in [0, 0.1) is 11.7 Å². The number of ether oxygens (including phenoxy) is 3. The average Bonchev–Trinajstić information content (AvgIpc) is 3.43. The molecule has 0 radical (unpaired) electrons. The van der Waals surface area contributed by atoms with E-state index in [9.17, 15) is 4.39 Å². The number of methoxy groups -OCH3 is 3. The minimum Gasteiger partial charge on any atom is -0.493 e. The Kier molecular flexibility index (Phi) is 6.41. The molecule has 0 spiro atoms. The lowest BCUT2D eigenvalue weighted by Crippen LogP contribution is -2.33. The Morgan fingerprint density at radius 3 is 2.33 bits per heavy atom. The summed E-state index contributed by atoms with van der Waals surface area (Å²) < 4.78 is 29.9. The van der Waals surface area contributed by atoms with Crippen LogP contribution in [0.3, 0.4) is 0 Å². The first-order chi connectivity index (χ1) is 14.6. The highest BCUT2D eigenvalue weighted by atomic mass is 19.1. The van der Waals surface area contributed by atoms with E-state index in [2.05, 4.69) is 15.8 Å². The zero-order valence-corrected chi connectivity index (χ0v) is 17.8. The van der Waals surface area contributed by atoms with Crippen molar-refractivity contribution in [2.75, 3.05) is 41.0 Å². The predicted molar refractivity (Wildman–Crippen MR) is 113 cm³/mol. The molecular formula is C23H30FN3O3. The molecule has 2 aromatic rings. The van der Waals surface area contributed by atoms with Crippen LogP contribution in [0.1, 0.15) is 36.1 Å². The van der Waals surface area contributed by atoms with Gasteiger partial charge in [-0.2, -0.15) is 0 Å². The van der Waals surface area contributed by atoms with Crippen molar-refractivity contribution in [3.05, 3.63) is 53.3 Å². The van der Waals surface area contributed by atoms with E-state index in [0.29, 0.717) is 29.2 Å². The van der Waals surface area contributed by atoms with Gasteiger partial charge >= 0.3 is 0 Å². The lowest BCUT2D eigenvalue weighted by atomic mass is 9.93. The molecule has 6 nitrogen and oxygen atoms in total. The van der Waals surface area contributed by atoms with Crippen LogP contribution in [0.15, 0.2) is 36.4 Å². The van der Waals surface area contributed by atoms with Crippen molar-refractivity contribution in [1.29, 1.82) is 0 Å². The third kappa shape index (κ3) is 4.10. The number of benzene rings is 2. The zero-order chi connectivity index (χ0) is 21.1. The molecule has 2 saturated heterocycles. The van der Waals surface area contributed by atoms with Crippen LogP contribution < -0.4 is 25.1 Å². The number of hydrogen-bond donors (Lipinski definition) is 2. The van der Waals surface area contributed by atoms with Crippen LogP contribution in [0.25, 0.3) is 0 Å². The molecule has 0 aromatic heterocycles. The van der Waals surface area contributed by atoms with Gasteiger partial charge in [-0.05, 0) is 54.8 Å². The van der Waals surface area contributed by atoms with Crippen LogP contribution in [0.2, 0.25) is 0 Å². The van der Waals surface area contributed by atoms with E-state index in [0.717, 1.165) is 38.0 Å². The number of rotatable bonds is 7. The fourth-order valence-corrected chi connectivity index (χ4v) is 4.75. The van der Waals surface area contributed by atoms with E-state index in [1.165, 1.54) is 5.56 Å². The Morgan fingerprint density at radius 2 is 1.70 bits per heavy atom. The highest BCUT2D eigenvalue weighted by Gasteiger charge is 2.35. The van der Waals surface area contributed by atoms with Gasteiger partial charge in [-0.15, -0.1) is 0 Å². The highest BCUT2D eigenvalue weighted by Crippen LogP contribution is 2.42. The number of halogens is 1. The molecule has 162 valence electrons. The molecule has 2 aliphatic heterocycles. The Morgan fingerprint density at radius 1 is 1.00 bits per heavy atom. The Hall–Kier alpha value is -2.35. The van der Waals surface area contributed by atoms with Crippen molar-refractivity contribution >= 4 is 0 Å². The molecule has 2 aromatic carbocycles. The van der Waals surface area contributed by atoms with Gasteiger partial charge in [0.05, 0.1) is 27.4 Å². The summed E-state index contributed by atoms with van der Waals surface area (Å²) in [4.78, 5) is 2.53. The summed E-state index contributed by atoms with van der Waals surface area (Å²) in [5.41, 5.74) is 9.03. The molecule has 7 heteroatoms. The van der Waals surface area contributed by atoms with Gasteiger partial charge in [0.1, 0.15) is 5.82 Å². The molecule has 0 saturated carbocycles. The Bertz CT molecular complexity index is 836. The lowest BCUT2D eigenvalue weighted by molar-refractivity contribution is 0.211. The fraction of sp³-hybridized carbons (Fsp3) is 0.478. The Labute approximate surface area is 177 Å². The largest absolute Gasteiger partial charge is 0.493 e. The Balaban J connectivity index is 1.54. The van der Waals surface area contributed by atoms with E-state index >= 15 is 0 Å². The summed E-state index contributed by atoms with van der Waals surface area (Å²) in [6, 6.07) is 11.4. The molecule has 3 unspecified atom stereocenters. The minimum absolute atomic E-state index is 0.119. The van der Waals surface area contributed by atoms with Crippen LogP contribution in [-0.4, -0.2) is 45.9 Å². The first kappa shape index (κ1) is 20.9. The molecule has 3 atom stereocenters. The van der Waals surface area contributed by atoms with E-state index < -0.39 is 0 Å². The maximum atomic E-state index is 13.4. The third-order valence-electron chi connectivity index (χ3n) is 6.23. The SMILES string of the molecule is COc1cc(C2NNCC2CN2CCCC2c2ccc(F)cc2)cc(OC)c1OC. The van der Waals surface area contributed by atoms with Crippen molar-refractivity contribution in [2.24, 2.45) is 5.92 Å². The maximum absolute atomic E-state index is 13.4. The summed E-state index contributed by atoms with van der Waals surface area (Å²) in [5, 5.41) is 0. The number of nitrogens with zero attached hydrogens (tertiary/aromatic N) is 1. The second-order valence-electron chi connectivity index (χ2n) is 7.93. The van der Waals surface area contributed by atoms with Crippen molar-refractivity contribution in [1.82, 2.24) is 15.8 Å². The molecule has 2 aliphatic rings. The topological polar surface area (TPSA) is 55.0 Å². The third-order valence-corrected chi connectivity index (χ3v) is 6.23. The van der Waals surface area contributed by atoms with Gasteiger partial charge in [-0.25, -0.2) is 9.82 Å². The van der Waals surface area contributed by atoms with E-state index in [-0.39, 0.29) is 11.9 Å². The number of hydrazine groups is 1. The average molecular weight is 416 g/mol. The van der Waals surface area contributed by atoms with Gasteiger partial charge in [-0.3, -0.25) is 10.3 Å². The van der Waals surface area contributed by atoms with Crippen molar-refractivity contribution in [2.45, 2.75) is 24.9 Å². The number of likely N-dealkylation sites (tertiary alicyclic amines) is 1. The first-order valence-electron chi connectivity index (χ1n) is 10.4. The summed E-state index contributed by atoms with van der Waals surface area (Å²) in [6.45, 7) is 2.87. The van der Waals surface area contributed by atoms with Crippen LogP contribution in [-0.2, 0) is 0 Å².